The molecule has 0 bridgehead atoms. The van der Waals surface area contributed by atoms with E-state index in [9.17, 15) is 0 Å². The fourth-order valence-corrected chi connectivity index (χ4v) is 1.45. The van der Waals surface area contributed by atoms with E-state index >= 15 is 0 Å². The molecule has 76 valence electrons. The fourth-order valence-electron chi connectivity index (χ4n) is 1.30. The molecule has 0 saturated heterocycles. The van der Waals surface area contributed by atoms with Gasteiger partial charge in [0.1, 0.15) is 0 Å². The van der Waals surface area contributed by atoms with Crippen LogP contribution >= 0.6 is 12.2 Å². The van der Waals surface area contributed by atoms with E-state index in [1.54, 1.807) is 0 Å². The van der Waals surface area contributed by atoms with E-state index in [1.165, 1.54) is 5.69 Å². The van der Waals surface area contributed by atoms with Gasteiger partial charge >= 0.3 is 0 Å². The summed E-state index contributed by atoms with van der Waals surface area (Å²) in [5, 5.41) is 0. The molecule has 0 aliphatic rings. The molecule has 1 rings (SSSR count). The second kappa shape index (κ2) is 5.60. The molecule has 1 aromatic rings. The molecule has 0 heterocycles. The standard InChI is InChI=1S/C11H16N2S/c1-13(9-5-8-11(12)14)10-6-3-2-4-7-10/h2-4,6-7H,5,8-9H2,1H3,(H2,12,14). The second-order valence-corrected chi connectivity index (χ2v) is 3.85. The first-order chi connectivity index (χ1) is 6.70. The van der Waals surface area contributed by atoms with Crippen LogP contribution in [0, 0.1) is 0 Å². The molecule has 0 atom stereocenters. The van der Waals surface area contributed by atoms with Crippen LogP contribution in [0.3, 0.4) is 0 Å². The molecule has 0 aliphatic heterocycles. The van der Waals surface area contributed by atoms with Crippen molar-refractivity contribution in [2.45, 2.75) is 12.8 Å². The van der Waals surface area contributed by atoms with Gasteiger partial charge in [-0.2, -0.15) is 0 Å². The van der Waals surface area contributed by atoms with Crippen LogP contribution in [0.2, 0.25) is 0 Å². The summed E-state index contributed by atoms with van der Waals surface area (Å²) >= 11 is 4.82. The van der Waals surface area contributed by atoms with Crippen molar-refractivity contribution in [3.05, 3.63) is 30.3 Å². The molecule has 2 N–H and O–H groups in total. The van der Waals surface area contributed by atoms with Crippen LogP contribution in [0.5, 0.6) is 0 Å². The number of hydrogen-bond acceptors (Lipinski definition) is 2. The minimum Gasteiger partial charge on any atom is -0.393 e. The van der Waals surface area contributed by atoms with E-state index in [4.69, 9.17) is 18.0 Å². The zero-order chi connectivity index (χ0) is 10.4. The lowest BCUT2D eigenvalue weighted by Gasteiger charge is -2.18. The third-order valence-corrected chi connectivity index (χ3v) is 2.32. The molecule has 0 spiro atoms. The average Bonchev–Trinajstić information content (AvgIpc) is 2.18. The Morgan fingerprint density at radius 1 is 1.36 bits per heavy atom. The van der Waals surface area contributed by atoms with Gasteiger partial charge in [0.25, 0.3) is 0 Å². The van der Waals surface area contributed by atoms with Crippen molar-refractivity contribution in [3.8, 4) is 0 Å². The Balaban J connectivity index is 2.36. The van der Waals surface area contributed by atoms with Gasteiger partial charge in [-0.15, -0.1) is 0 Å². The average molecular weight is 208 g/mol. The first-order valence-corrected chi connectivity index (χ1v) is 5.15. The van der Waals surface area contributed by atoms with Gasteiger partial charge in [-0.3, -0.25) is 0 Å². The molecule has 0 fully saturated rings. The van der Waals surface area contributed by atoms with Crippen molar-refractivity contribution in [2.24, 2.45) is 5.73 Å². The van der Waals surface area contributed by atoms with Gasteiger partial charge in [0.15, 0.2) is 0 Å². The van der Waals surface area contributed by atoms with Crippen molar-refractivity contribution >= 4 is 22.9 Å². The van der Waals surface area contributed by atoms with Crippen LogP contribution in [0.4, 0.5) is 5.69 Å². The topological polar surface area (TPSA) is 29.3 Å². The second-order valence-electron chi connectivity index (χ2n) is 3.33. The van der Waals surface area contributed by atoms with E-state index in [2.05, 4.69) is 24.1 Å². The highest BCUT2D eigenvalue weighted by molar-refractivity contribution is 7.80. The number of nitrogens with two attached hydrogens (primary N) is 1. The Morgan fingerprint density at radius 3 is 2.57 bits per heavy atom. The Morgan fingerprint density at radius 2 is 2.00 bits per heavy atom. The maximum Gasteiger partial charge on any atom is 0.0728 e. The zero-order valence-electron chi connectivity index (χ0n) is 8.44. The smallest absolute Gasteiger partial charge is 0.0728 e. The van der Waals surface area contributed by atoms with Crippen LogP contribution in [0.1, 0.15) is 12.8 Å². The third-order valence-electron chi connectivity index (χ3n) is 2.11. The lowest BCUT2D eigenvalue weighted by Crippen LogP contribution is -2.20. The highest BCUT2D eigenvalue weighted by Gasteiger charge is 1.99. The van der Waals surface area contributed by atoms with Gasteiger partial charge < -0.3 is 10.6 Å². The van der Waals surface area contributed by atoms with Crippen LogP contribution in [0.25, 0.3) is 0 Å². The van der Waals surface area contributed by atoms with Crippen LogP contribution in [0.15, 0.2) is 30.3 Å². The van der Waals surface area contributed by atoms with Gasteiger partial charge in [0.05, 0.1) is 4.99 Å². The van der Waals surface area contributed by atoms with Crippen molar-refractivity contribution < 1.29 is 0 Å². The molecule has 0 amide bonds. The summed E-state index contributed by atoms with van der Waals surface area (Å²) in [5.74, 6) is 0. The Labute approximate surface area is 90.7 Å². The summed E-state index contributed by atoms with van der Waals surface area (Å²) in [5.41, 5.74) is 6.66. The summed E-state index contributed by atoms with van der Waals surface area (Å²) < 4.78 is 0. The van der Waals surface area contributed by atoms with E-state index < -0.39 is 0 Å². The van der Waals surface area contributed by atoms with Crippen molar-refractivity contribution in [1.29, 1.82) is 0 Å². The number of para-hydroxylation sites is 1. The summed E-state index contributed by atoms with van der Waals surface area (Å²) in [6, 6.07) is 10.3. The minimum absolute atomic E-state index is 0.603. The molecule has 0 aliphatic carbocycles. The summed E-state index contributed by atoms with van der Waals surface area (Å²) in [6.07, 6.45) is 1.84. The molecule has 0 radical (unpaired) electrons. The Bertz CT molecular complexity index is 285. The number of thiocarbonyl (C=S) groups is 1. The monoisotopic (exact) mass is 208 g/mol. The fraction of sp³-hybridized carbons (Fsp3) is 0.364. The van der Waals surface area contributed by atoms with Gasteiger partial charge in [-0.25, -0.2) is 0 Å². The first kappa shape index (κ1) is 11.0. The zero-order valence-corrected chi connectivity index (χ0v) is 9.26. The molecular formula is C11H16N2S. The molecule has 1 aromatic carbocycles. The number of rotatable bonds is 5. The number of nitrogens with zero attached hydrogens (tertiary/aromatic N) is 1. The summed E-state index contributed by atoms with van der Waals surface area (Å²) in [7, 11) is 2.08. The number of benzene rings is 1. The number of hydrogen-bond donors (Lipinski definition) is 1. The van der Waals surface area contributed by atoms with Crippen molar-refractivity contribution in [3.63, 3.8) is 0 Å². The van der Waals surface area contributed by atoms with E-state index in [-0.39, 0.29) is 0 Å². The predicted molar refractivity (Wildman–Crippen MR) is 65.7 cm³/mol. The van der Waals surface area contributed by atoms with Gasteiger partial charge in [-0.1, -0.05) is 30.4 Å². The van der Waals surface area contributed by atoms with Gasteiger partial charge in [0.2, 0.25) is 0 Å². The minimum atomic E-state index is 0.603. The first-order valence-electron chi connectivity index (χ1n) is 4.74. The van der Waals surface area contributed by atoms with E-state index in [1.807, 2.05) is 18.2 Å². The molecule has 0 unspecified atom stereocenters. The summed E-state index contributed by atoms with van der Waals surface area (Å²) in [6.45, 7) is 0.987. The van der Waals surface area contributed by atoms with Gasteiger partial charge in [-0.05, 0) is 25.0 Å². The van der Waals surface area contributed by atoms with Gasteiger partial charge in [0, 0.05) is 19.3 Å². The maximum absolute atomic E-state index is 5.43. The summed E-state index contributed by atoms with van der Waals surface area (Å²) in [4.78, 5) is 2.81. The number of anilines is 1. The SMILES string of the molecule is CN(CCCC(N)=S)c1ccccc1. The highest BCUT2D eigenvalue weighted by atomic mass is 32.1. The molecule has 3 heteroatoms. The molecule has 14 heavy (non-hydrogen) atoms. The third kappa shape index (κ3) is 3.75. The molecular weight excluding hydrogens is 192 g/mol. The molecule has 0 aromatic heterocycles. The van der Waals surface area contributed by atoms with Crippen LogP contribution in [-0.4, -0.2) is 18.6 Å². The van der Waals surface area contributed by atoms with Crippen molar-refractivity contribution in [1.82, 2.24) is 0 Å². The largest absolute Gasteiger partial charge is 0.393 e. The molecule has 0 saturated carbocycles. The normalized spacial score (nSPS) is 9.79. The van der Waals surface area contributed by atoms with Crippen molar-refractivity contribution in [2.75, 3.05) is 18.5 Å². The lowest BCUT2D eigenvalue weighted by atomic mass is 10.2. The predicted octanol–water partition coefficient (Wildman–Crippen LogP) is 2.19. The van der Waals surface area contributed by atoms with Crippen LogP contribution in [-0.2, 0) is 0 Å². The van der Waals surface area contributed by atoms with E-state index in [0.717, 1.165) is 19.4 Å². The lowest BCUT2D eigenvalue weighted by molar-refractivity contribution is 0.818. The Kier molecular flexibility index (Phi) is 4.40. The molecule has 2 nitrogen and oxygen atoms in total. The van der Waals surface area contributed by atoms with E-state index in [0.29, 0.717) is 4.99 Å². The Hall–Kier alpha value is -1.09. The quantitative estimate of drug-likeness (QED) is 0.752. The maximum atomic E-state index is 5.43. The van der Waals surface area contributed by atoms with Crippen LogP contribution < -0.4 is 10.6 Å². The highest BCUT2D eigenvalue weighted by Crippen LogP contribution is 2.11.